The van der Waals surface area contributed by atoms with E-state index < -0.39 is 10.7 Å². The van der Waals surface area contributed by atoms with Crippen LogP contribution in [0, 0.1) is 21.8 Å². The van der Waals surface area contributed by atoms with Crippen molar-refractivity contribution in [1.82, 2.24) is 5.32 Å². The number of nitrogens with one attached hydrogen (secondary N) is 1. The van der Waals surface area contributed by atoms with Gasteiger partial charge in [0.2, 0.25) is 0 Å². The molecule has 1 rings (SSSR count). The first-order valence-electron chi connectivity index (χ1n) is 5.66. The van der Waals surface area contributed by atoms with Crippen LogP contribution >= 0.6 is 11.6 Å². The van der Waals surface area contributed by atoms with Crippen LogP contribution in [-0.2, 0) is 6.42 Å². The lowest BCUT2D eigenvalue weighted by Gasteiger charge is -2.20. The van der Waals surface area contributed by atoms with E-state index in [9.17, 15) is 14.5 Å². The Morgan fingerprint density at radius 3 is 2.56 bits per heavy atom. The van der Waals surface area contributed by atoms with E-state index in [4.69, 9.17) is 11.6 Å². The molecule has 0 saturated heterocycles. The zero-order valence-electron chi connectivity index (χ0n) is 10.5. The van der Waals surface area contributed by atoms with Crippen molar-refractivity contribution < 1.29 is 9.31 Å². The van der Waals surface area contributed by atoms with Crippen LogP contribution in [0.2, 0.25) is 5.02 Å². The molecule has 0 amide bonds. The molecular weight excluding hydrogens is 259 g/mol. The van der Waals surface area contributed by atoms with E-state index in [1.54, 1.807) is 7.05 Å². The lowest BCUT2D eigenvalue weighted by atomic mass is 9.95. The predicted molar refractivity (Wildman–Crippen MR) is 69.5 cm³/mol. The highest BCUT2D eigenvalue weighted by Crippen LogP contribution is 2.27. The van der Waals surface area contributed by atoms with E-state index in [0.29, 0.717) is 12.0 Å². The fourth-order valence-electron chi connectivity index (χ4n) is 1.82. The fourth-order valence-corrected chi connectivity index (χ4v) is 1.98. The number of nitrogens with zero attached hydrogens (tertiary/aromatic N) is 1. The number of nitro benzene ring substituents is 1. The van der Waals surface area contributed by atoms with Gasteiger partial charge in [-0.1, -0.05) is 25.4 Å². The van der Waals surface area contributed by atoms with Gasteiger partial charge in [0.1, 0.15) is 5.82 Å². The molecule has 0 radical (unpaired) electrons. The van der Waals surface area contributed by atoms with Gasteiger partial charge in [-0.05, 0) is 25.5 Å². The molecule has 6 heteroatoms. The maximum atomic E-state index is 13.4. The summed E-state index contributed by atoms with van der Waals surface area (Å²) < 4.78 is 13.4. The summed E-state index contributed by atoms with van der Waals surface area (Å²) in [5.41, 5.74) is 0.220. The Morgan fingerprint density at radius 1 is 1.50 bits per heavy atom. The zero-order chi connectivity index (χ0) is 13.9. The number of benzene rings is 1. The first-order chi connectivity index (χ1) is 8.36. The van der Waals surface area contributed by atoms with E-state index >= 15 is 0 Å². The molecule has 0 bridgehead atoms. The van der Waals surface area contributed by atoms with Crippen molar-refractivity contribution in [2.24, 2.45) is 5.92 Å². The molecule has 0 aliphatic rings. The molecule has 100 valence electrons. The van der Waals surface area contributed by atoms with Crippen LogP contribution in [0.1, 0.15) is 19.4 Å². The molecule has 0 fully saturated rings. The molecule has 0 aromatic heterocycles. The number of hydrogen-bond acceptors (Lipinski definition) is 3. The Bertz CT molecular complexity index is 452. The van der Waals surface area contributed by atoms with Crippen molar-refractivity contribution in [3.8, 4) is 0 Å². The van der Waals surface area contributed by atoms with E-state index in [-0.39, 0.29) is 22.7 Å². The Morgan fingerprint density at radius 2 is 2.11 bits per heavy atom. The van der Waals surface area contributed by atoms with E-state index in [1.165, 1.54) is 0 Å². The van der Waals surface area contributed by atoms with Crippen LogP contribution in [0.4, 0.5) is 10.1 Å². The average Bonchev–Trinajstić information content (AvgIpc) is 2.29. The minimum Gasteiger partial charge on any atom is -0.316 e. The maximum Gasteiger partial charge on any atom is 0.274 e. The standard InChI is InChI=1S/C12H16ClFN2O2/c1-7(2)11(15-3)5-8-4-10(14)9(13)6-12(8)16(17)18/h4,6-7,11,15H,5H2,1-3H3. The van der Waals surface area contributed by atoms with Crippen LogP contribution in [0.5, 0.6) is 0 Å². The van der Waals surface area contributed by atoms with Crippen LogP contribution in [0.25, 0.3) is 0 Å². The smallest absolute Gasteiger partial charge is 0.274 e. The van der Waals surface area contributed by atoms with Gasteiger partial charge in [-0.25, -0.2) is 4.39 Å². The number of halogens is 2. The first-order valence-corrected chi connectivity index (χ1v) is 6.04. The van der Waals surface area contributed by atoms with Crippen molar-refractivity contribution in [3.63, 3.8) is 0 Å². The number of hydrogen-bond donors (Lipinski definition) is 1. The largest absolute Gasteiger partial charge is 0.316 e. The Balaban J connectivity index is 3.14. The molecule has 1 aromatic rings. The van der Waals surface area contributed by atoms with Crippen LogP contribution in [-0.4, -0.2) is 18.0 Å². The Labute approximate surface area is 110 Å². The van der Waals surface area contributed by atoms with Gasteiger partial charge in [0.15, 0.2) is 0 Å². The Kier molecular flexibility index (Phi) is 5.04. The molecule has 0 heterocycles. The average molecular weight is 275 g/mol. The summed E-state index contributed by atoms with van der Waals surface area (Å²) in [4.78, 5) is 10.4. The molecule has 0 spiro atoms. The first kappa shape index (κ1) is 14.9. The third-order valence-electron chi connectivity index (χ3n) is 2.93. The molecule has 0 aliphatic carbocycles. The van der Waals surface area contributed by atoms with Gasteiger partial charge in [0.05, 0.1) is 9.95 Å². The van der Waals surface area contributed by atoms with Crippen molar-refractivity contribution in [1.29, 1.82) is 0 Å². The second-order valence-corrected chi connectivity index (χ2v) is 4.90. The third-order valence-corrected chi connectivity index (χ3v) is 3.22. The number of likely N-dealkylation sites (N-methyl/N-ethyl adjacent to an activating group) is 1. The quantitative estimate of drug-likeness (QED) is 0.663. The lowest BCUT2D eigenvalue weighted by Crippen LogP contribution is -2.33. The second-order valence-electron chi connectivity index (χ2n) is 4.50. The molecule has 18 heavy (non-hydrogen) atoms. The zero-order valence-corrected chi connectivity index (χ0v) is 11.3. The highest BCUT2D eigenvalue weighted by atomic mass is 35.5. The third kappa shape index (κ3) is 3.40. The maximum absolute atomic E-state index is 13.4. The van der Waals surface area contributed by atoms with Gasteiger partial charge in [-0.15, -0.1) is 0 Å². The van der Waals surface area contributed by atoms with Gasteiger partial charge in [-0.2, -0.15) is 0 Å². The monoisotopic (exact) mass is 274 g/mol. The highest BCUT2D eigenvalue weighted by molar-refractivity contribution is 6.31. The summed E-state index contributed by atoms with van der Waals surface area (Å²) in [5, 5.41) is 13.8. The van der Waals surface area contributed by atoms with Gasteiger partial charge in [0, 0.05) is 17.7 Å². The summed E-state index contributed by atoms with van der Waals surface area (Å²) >= 11 is 5.57. The van der Waals surface area contributed by atoms with E-state index in [0.717, 1.165) is 12.1 Å². The normalized spacial score (nSPS) is 12.8. The highest BCUT2D eigenvalue weighted by Gasteiger charge is 2.21. The fraction of sp³-hybridized carbons (Fsp3) is 0.500. The molecule has 4 nitrogen and oxygen atoms in total. The molecule has 0 aliphatic heterocycles. The SMILES string of the molecule is CNC(Cc1cc(F)c(Cl)cc1[N+](=O)[O-])C(C)C. The van der Waals surface area contributed by atoms with E-state index in [2.05, 4.69) is 5.32 Å². The van der Waals surface area contributed by atoms with Gasteiger partial charge >= 0.3 is 0 Å². The lowest BCUT2D eigenvalue weighted by molar-refractivity contribution is -0.385. The van der Waals surface area contributed by atoms with Crippen molar-refractivity contribution in [3.05, 3.63) is 38.7 Å². The van der Waals surface area contributed by atoms with Gasteiger partial charge < -0.3 is 5.32 Å². The van der Waals surface area contributed by atoms with Crippen LogP contribution in [0.15, 0.2) is 12.1 Å². The summed E-state index contributed by atoms with van der Waals surface area (Å²) in [6.45, 7) is 4.00. The van der Waals surface area contributed by atoms with Crippen molar-refractivity contribution >= 4 is 17.3 Å². The number of nitro groups is 1. The van der Waals surface area contributed by atoms with Gasteiger partial charge in [-0.3, -0.25) is 10.1 Å². The molecule has 1 N–H and O–H groups in total. The predicted octanol–water partition coefficient (Wildman–Crippen LogP) is 3.17. The molecule has 0 saturated carbocycles. The minimum atomic E-state index is -0.629. The van der Waals surface area contributed by atoms with Gasteiger partial charge in [0.25, 0.3) is 5.69 Å². The summed E-state index contributed by atoms with van der Waals surface area (Å²) in [6, 6.07) is 2.26. The Hall–Kier alpha value is -1.20. The topological polar surface area (TPSA) is 55.2 Å². The minimum absolute atomic E-state index is 0.0456. The van der Waals surface area contributed by atoms with Crippen LogP contribution in [0.3, 0.4) is 0 Å². The molecule has 1 aromatic carbocycles. The van der Waals surface area contributed by atoms with Crippen molar-refractivity contribution in [2.75, 3.05) is 7.05 Å². The molecule has 1 unspecified atom stereocenters. The van der Waals surface area contributed by atoms with E-state index in [1.807, 2.05) is 13.8 Å². The summed E-state index contributed by atoms with van der Waals surface area (Å²) in [6.07, 6.45) is 0.387. The number of rotatable bonds is 5. The van der Waals surface area contributed by atoms with Crippen molar-refractivity contribution in [2.45, 2.75) is 26.3 Å². The second kappa shape index (κ2) is 6.11. The summed E-state index contributed by atoms with van der Waals surface area (Å²) in [7, 11) is 1.78. The van der Waals surface area contributed by atoms with Crippen LogP contribution < -0.4 is 5.32 Å². The molecular formula is C12H16ClFN2O2. The molecule has 1 atom stereocenters. The summed E-state index contributed by atoms with van der Waals surface area (Å²) in [5.74, 6) is -0.343.